The van der Waals surface area contributed by atoms with E-state index in [2.05, 4.69) is 10.3 Å². The van der Waals surface area contributed by atoms with Gasteiger partial charge in [-0.1, -0.05) is 18.2 Å². The molecule has 0 saturated carbocycles. The number of aliphatic carboxylic acids is 1. The van der Waals surface area contributed by atoms with E-state index in [4.69, 9.17) is 0 Å². The van der Waals surface area contributed by atoms with Crippen molar-refractivity contribution in [2.24, 2.45) is 0 Å². The van der Waals surface area contributed by atoms with Gasteiger partial charge in [-0.15, -0.1) is 11.3 Å². The quantitative estimate of drug-likeness (QED) is 0.907. The van der Waals surface area contributed by atoms with Crippen molar-refractivity contribution >= 4 is 29.0 Å². The molecular formula is C14H13N3O3S. The van der Waals surface area contributed by atoms with Crippen molar-refractivity contribution in [2.75, 3.05) is 4.90 Å². The number of anilines is 1. The summed E-state index contributed by atoms with van der Waals surface area (Å²) in [5.41, 5.74) is 3.97. The fourth-order valence-electron chi connectivity index (χ4n) is 2.41. The average Bonchev–Trinajstić information content (AvgIpc) is 3.11. The summed E-state index contributed by atoms with van der Waals surface area (Å²) < 4.78 is 0. The number of aromatic nitrogens is 1. The lowest BCUT2D eigenvalue weighted by Gasteiger charge is -2.22. The zero-order valence-corrected chi connectivity index (χ0v) is 11.8. The van der Waals surface area contributed by atoms with Gasteiger partial charge in [0, 0.05) is 17.5 Å². The average molecular weight is 303 g/mol. The van der Waals surface area contributed by atoms with E-state index in [0.717, 1.165) is 11.3 Å². The Hall–Kier alpha value is -2.41. The van der Waals surface area contributed by atoms with E-state index < -0.39 is 18.0 Å². The Bertz CT molecular complexity index is 672. The zero-order valence-electron chi connectivity index (χ0n) is 11.0. The van der Waals surface area contributed by atoms with E-state index in [-0.39, 0.29) is 6.54 Å². The maximum Gasteiger partial charge on any atom is 0.327 e. The highest BCUT2D eigenvalue weighted by Gasteiger charge is 2.38. The van der Waals surface area contributed by atoms with Crippen LogP contribution in [0.25, 0.3) is 0 Å². The minimum absolute atomic E-state index is 0.285. The van der Waals surface area contributed by atoms with Gasteiger partial charge in [0.05, 0.1) is 17.7 Å². The molecule has 0 radical (unpaired) electrons. The van der Waals surface area contributed by atoms with Crippen molar-refractivity contribution in [3.05, 3.63) is 46.4 Å². The highest BCUT2D eigenvalue weighted by atomic mass is 32.1. The summed E-state index contributed by atoms with van der Waals surface area (Å²) >= 11 is 1.45. The lowest BCUT2D eigenvalue weighted by Crippen LogP contribution is -2.47. The molecule has 2 N–H and O–H groups in total. The van der Waals surface area contributed by atoms with E-state index >= 15 is 0 Å². The van der Waals surface area contributed by atoms with Gasteiger partial charge in [-0.2, -0.15) is 0 Å². The third-order valence-corrected chi connectivity index (χ3v) is 4.02. The van der Waals surface area contributed by atoms with Crippen LogP contribution in [0, 0.1) is 0 Å². The van der Waals surface area contributed by atoms with Gasteiger partial charge in [-0.3, -0.25) is 4.90 Å². The van der Waals surface area contributed by atoms with Crippen LogP contribution in [0.2, 0.25) is 0 Å². The number of hydrogen-bond donors (Lipinski definition) is 2. The molecule has 1 atom stereocenters. The predicted octanol–water partition coefficient (Wildman–Crippen LogP) is 1.87. The summed E-state index contributed by atoms with van der Waals surface area (Å²) in [5.74, 6) is -1.00. The molecule has 21 heavy (non-hydrogen) atoms. The number of fused-ring (bicyclic) bond motifs is 1. The first-order valence-corrected chi connectivity index (χ1v) is 7.36. The highest BCUT2D eigenvalue weighted by molar-refractivity contribution is 7.07. The summed E-state index contributed by atoms with van der Waals surface area (Å²) in [6, 6.07) is 5.97. The number of amides is 2. The smallest absolute Gasteiger partial charge is 0.327 e. The van der Waals surface area contributed by atoms with Crippen molar-refractivity contribution in [1.82, 2.24) is 10.3 Å². The minimum Gasteiger partial charge on any atom is -0.480 e. The van der Waals surface area contributed by atoms with Crippen LogP contribution in [0.4, 0.5) is 10.5 Å². The van der Waals surface area contributed by atoms with Crippen molar-refractivity contribution in [3.63, 3.8) is 0 Å². The number of rotatable bonds is 3. The topological polar surface area (TPSA) is 82.5 Å². The van der Waals surface area contributed by atoms with Crippen LogP contribution in [0.1, 0.15) is 11.3 Å². The Morgan fingerprint density at radius 2 is 2.24 bits per heavy atom. The Kier molecular flexibility index (Phi) is 3.57. The second-order valence-corrected chi connectivity index (χ2v) is 5.41. The number of carbonyl (C=O) groups excluding carboxylic acids is 1. The number of nitrogens with zero attached hydrogens (tertiary/aromatic N) is 2. The summed E-state index contributed by atoms with van der Waals surface area (Å²) in [6.45, 7) is 0.285. The lowest BCUT2D eigenvalue weighted by molar-refractivity contribution is -0.138. The van der Waals surface area contributed by atoms with Crippen molar-refractivity contribution < 1.29 is 14.7 Å². The first kappa shape index (κ1) is 13.6. The number of carboxylic acids is 1. The van der Waals surface area contributed by atoms with Gasteiger partial charge in [-0.25, -0.2) is 14.6 Å². The molecule has 7 heteroatoms. The van der Waals surface area contributed by atoms with Crippen LogP contribution < -0.4 is 10.2 Å². The van der Waals surface area contributed by atoms with Gasteiger partial charge in [0.15, 0.2) is 0 Å². The van der Waals surface area contributed by atoms with Crippen LogP contribution in [-0.2, 0) is 17.8 Å². The largest absolute Gasteiger partial charge is 0.480 e. The third kappa shape index (κ3) is 2.59. The standard InChI is InChI=1S/C14H13N3O3S/c18-13(19)12-5-9-3-1-2-4-11(9)17(12)14(20)15-6-10-7-21-8-16-10/h1-4,7-8,12H,5-6H2,(H,15,20)(H,18,19)/t12-/m0/s1. The molecule has 2 amide bonds. The van der Waals surface area contributed by atoms with Gasteiger partial charge >= 0.3 is 12.0 Å². The number of hydrogen-bond acceptors (Lipinski definition) is 4. The Morgan fingerprint density at radius 3 is 2.95 bits per heavy atom. The molecule has 0 spiro atoms. The Balaban J connectivity index is 1.80. The first-order chi connectivity index (χ1) is 10.2. The molecule has 108 valence electrons. The molecule has 6 nitrogen and oxygen atoms in total. The van der Waals surface area contributed by atoms with E-state index in [9.17, 15) is 14.7 Å². The summed E-state index contributed by atoms with van der Waals surface area (Å²) in [7, 11) is 0. The number of urea groups is 1. The number of thiazole rings is 1. The van der Waals surface area contributed by atoms with Crippen LogP contribution in [0.15, 0.2) is 35.2 Å². The molecule has 1 aromatic carbocycles. The second-order valence-electron chi connectivity index (χ2n) is 4.70. The Morgan fingerprint density at radius 1 is 1.43 bits per heavy atom. The number of nitrogens with one attached hydrogen (secondary N) is 1. The van der Waals surface area contributed by atoms with Crippen molar-refractivity contribution in [2.45, 2.75) is 19.0 Å². The van der Waals surface area contributed by atoms with Crippen molar-refractivity contribution in [1.29, 1.82) is 0 Å². The molecule has 2 heterocycles. The number of carboxylic acid groups (broad SMARTS) is 1. The minimum atomic E-state index is -1.00. The van der Waals surface area contributed by atoms with Crippen LogP contribution in [-0.4, -0.2) is 28.1 Å². The van der Waals surface area contributed by atoms with Gasteiger partial charge in [0.2, 0.25) is 0 Å². The Labute approximate surface area is 125 Å². The summed E-state index contributed by atoms with van der Waals surface area (Å²) in [5, 5.41) is 13.9. The fraction of sp³-hybridized carbons (Fsp3) is 0.214. The van der Waals surface area contributed by atoms with E-state index in [1.54, 1.807) is 17.6 Å². The molecule has 0 saturated heterocycles. The lowest BCUT2D eigenvalue weighted by atomic mass is 10.1. The van der Waals surface area contributed by atoms with E-state index in [0.29, 0.717) is 12.1 Å². The number of carbonyl (C=O) groups is 2. The molecule has 1 aliphatic rings. The third-order valence-electron chi connectivity index (χ3n) is 3.38. The second kappa shape index (κ2) is 5.53. The maximum absolute atomic E-state index is 12.3. The molecule has 0 fully saturated rings. The van der Waals surface area contributed by atoms with Crippen LogP contribution in [0.5, 0.6) is 0 Å². The fourth-order valence-corrected chi connectivity index (χ4v) is 2.97. The SMILES string of the molecule is O=C(O)[C@@H]1Cc2ccccc2N1C(=O)NCc1cscn1. The molecular weight excluding hydrogens is 290 g/mol. The normalized spacial score (nSPS) is 16.6. The zero-order chi connectivity index (χ0) is 14.8. The van der Waals surface area contributed by atoms with Gasteiger partial charge in [-0.05, 0) is 11.6 Å². The molecule has 0 aliphatic carbocycles. The van der Waals surface area contributed by atoms with Crippen LogP contribution in [0.3, 0.4) is 0 Å². The van der Waals surface area contributed by atoms with E-state index in [1.807, 2.05) is 17.5 Å². The summed E-state index contributed by atoms with van der Waals surface area (Å²) in [6.07, 6.45) is 0.329. The number of para-hydroxylation sites is 1. The summed E-state index contributed by atoms with van der Waals surface area (Å²) in [4.78, 5) is 29.1. The monoisotopic (exact) mass is 303 g/mol. The van der Waals surface area contributed by atoms with Gasteiger partial charge in [0.1, 0.15) is 6.04 Å². The molecule has 1 aliphatic heterocycles. The van der Waals surface area contributed by atoms with E-state index in [1.165, 1.54) is 16.2 Å². The molecule has 3 rings (SSSR count). The molecule has 0 bridgehead atoms. The van der Waals surface area contributed by atoms with Crippen LogP contribution >= 0.6 is 11.3 Å². The molecule has 2 aromatic rings. The molecule has 1 aromatic heterocycles. The number of benzene rings is 1. The highest BCUT2D eigenvalue weighted by Crippen LogP contribution is 2.32. The predicted molar refractivity (Wildman–Crippen MR) is 78.4 cm³/mol. The maximum atomic E-state index is 12.3. The van der Waals surface area contributed by atoms with Gasteiger partial charge < -0.3 is 10.4 Å². The van der Waals surface area contributed by atoms with Crippen molar-refractivity contribution in [3.8, 4) is 0 Å². The first-order valence-electron chi connectivity index (χ1n) is 6.41. The molecule has 0 unspecified atom stereocenters. The van der Waals surface area contributed by atoms with Gasteiger partial charge in [0.25, 0.3) is 0 Å².